The lowest BCUT2D eigenvalue weighted by Crippen LogP contribution is -2.08. The van der Waals surface area contributed by atoms with Gasteiger partial charge in [0, 0.05) is 23.9 Å². The number of benzene rings is 2. The van der Waals surface area contributed by atoms with Gasteiger partial charge in [-0.3, -0.25) is 14.9 Å². The van der Waals surface area contributed by atoms with E-state index in [0.29, 0.717) is 11.4 Å². The van der Waals surface area contributed by atoms with Gasteiger partial charge in [0.1, 0.15) is 5.76 Å². The molecule has 28 heavy (non-hydrogen) atoms. The number of furan rings is 1. The van der Waals surface area contributed by atoms with E-state index in [1.54, 1.807) is 12.1 Å². The molecule has 0 spiro atoms. The van der Waals surface area contributed by atoms with Gasteiger partial charge in [0.15, 0.2) is 0 Å². The molecule has 3 aromatic rings. The Morgan fingerprint density at radius 3 is 2.14 bits per heavy atom. The molecule has 0 bridgehead atoms. The first-order valence-corrected chi connectivity index (χ1v) is 9.47. The largest absolute Gasteiger partial charge is 0.465 e. The Morgan fingerprint density at radius 1 is 1.00 bits per heavy atom. The molecule has 1 heterocycles. The molecule has 0 saturated heterocycles. The summed E-state index contributed by atoms with van der Waals surface area (Å²) in [6.07, 6.45) is 4.28. The van der Waals surface area contributed by atoms with Crippen molar-refractivity contribution in [2.45, 2.75) is 9.79 Å². The Kier molecular flexibility index (Phi) is 5.37. The summed E-state index contributed by atoms with van der Waals surface area (Å²) in [6.45, 7) is 0. The highest BCUT2D eigenvalue weighted by molar-refractivity contribution is 7.91. The number of anilines is 1. The number of hydrogen-bond donors (Lipinski definition) is 1. The molecule has 0 aliphatic rings. The van der Waals surface area contributed by atoms with E-state index in [4.69, 9.17) is 4.42 Å². The molecular formula is C19H14N2O6S. The van der Waals surface area contributed by atoms with Crippen LogP contribution in [-0.2, 0) is 14.6 Å². The molecule has 9 heteroatoms. The van der Waals surface area contributed by atoms with Gasteiger partial charge in [-0.25, -0.2) is 8.42 Å². The summed E-state index contributed by atoms with van der Waals surface area (Å²) in [5.74, 6) is 0.127. The van der Waals surface area contributed by atoms with Gasteiger partial charge in [0.2, 0.25) is 15.7 Å². The van der Waals surface area contributed by atoms with Crippen LogP contribution < -0.4 is 5.32 Å². The number of nitro groups is 1. The summed E-state index contributed by atoms with van der Waals surface area (Å²) >= 11 is 0. The van der Waals surface area contributed by atoms with E-state index >= 15 is 0 Å². The van der Waals surface area contributed by atoms with Crippen molar-refractivity contribution in [2.75, 3.05) is 5.32 Å². The van der Waals surface area contributed by atoms with Gasteiger partial charge in [-0.1, -0.05) is 0 Å². The first-order valence-electron chi connectivity index (χ1n) is 7.98. The predicted molar refractivity (Wildman–Crippen MR) is 101 cm³/mol. The Balaban J connectivity index is 1.72. The first-order chi connectivity index (χ1) is 13.4. The Hall–Kier alpha value is -3.72. The lowest BCUT2D eigenvalue weighted by atomic mass is 10.3. The fourth-order valence-corrected chi connectivity index (χ4v) is 3.59. The number of carbonyl (C=O) groups excluding carboxylic acids is 1. The van der Waals surface area contributed by atoms with Crippen molar-refractivity contribution >= 4 is 33.2 Å². The SMILES string of the molecule is O=C(/C=C/c1ccco1)Nc1ccc(S(=O)(=O)c2ccc([N+](=O)[O-])cc2)cc1. The smallest absolute Gasteiger partial charge is 0.269 e. The third-order valence-corrected chi connectivity index (χ3v) is 5.52. The van der Waals surface area contributed by atoms with E-state index in [1.165, 1.54) is 54.8 Å². The molecule has 0 fully saturated rings. The maximum Gasteiger partial charge on any atom is 0.269 e. The number of rotatable bonds is 6. The lowest BCUT2D eigenvalue weighted by molar-refractivity contribution is -0.384. The zero-order chi connectivity index (χ0) is 20.1. The highest BCUT2D eigenvalue weighted by atomic mass is 32.2. The van der Waals surface area contributed by atoms with Crippen LogP contribution in [0.15, 0.2) is 87.2 Å². The summed E-state index contributed by atoms with van der Waals surface area (Å²) in [5.41, 5.74) is 0.219. The average Bonchev–Trinajstić information content (AvgIpc) is 3.20. The van der Waals surface area contributed by atoms with Crippen LogP contribution in [0.5, 0.6) is 0 Å². The Morgan fingerprint density at radius 2 is 1.61 bits per heavy atom. The van der Waals surface area contributed by atoms with Gasteiger partial charge in [-0.05, 0) is 54.6 Å². The molecular weight excluding hydrogens is 384 g/mol. The molecule has 3 rings (SSSR count). The van der Waals surface area contributed by atoms with Crippen molar-refractivity contribution in [3.63, 3.8) is 0 Å². The molecule has 1 amide bonds. The number of hydrogen-bond acceptors (Lipinski definition) is 6. The second-order valence-electron chi connectivity index (χ2n) is 5.62. The van der Waals surface area contributed by atoms with E-state index in [9.17, 15) is 23.3 Å². The number of amides is 1. The van der Waals surface area contributed by atoms with Gasteiger partial charge < -0.3 is 9.73 Å². The van der Waals surface area contributed by atoms with E-state index in [0.717, 1.165) is 12.1 Å². The van der Waals surface area contributed by atoms with E-state index in [1.807, 2.05) is 0 Å². The van der Waals surface area contributed by atoms with Gasteiger partial charge in [0.25, 0.3) is 5.69 Å². The van der Waals surface area contributed by atoms with Crippen LogP contribution in [0.4, 0.5) is 11.4 Å². The van der Waals surface area contributed by atoms with Gasteiger partial charge in [0.05, 0.1) is 21.0 Å². The van der Waals surface area contributed by atoms with Crippen LogP contribution in [-0.4, -0.2) is 19.2 Å². The van der Waals surface area contributed by atoms with Crippen molar-refractivity contribution in [1.82, 2.24) is 0 Å². The van der Waals surface area contributed by atoms with Crippen molar-refractivity contribution < 1.29 is 22.6 Å². The van der Waals surface area contributed by atoms with Crippen LogP contribution in [0.25, 0.3) is 6.08 Å². The van der Waals surface area contributed by atoms with Crippen molar-refractivity contribution in [2.24, 2.45) is 0 Å². The minimum absolute atomic E-state index is 0.00507. The maximum atomic E-state index is 12.6. The molecule has 1 N–H and O–H groups in total. The number of sulfone groups is 1. The predicted octanol–water partition coefficient (Wildman–Crippen LogP) is 3.67. The topological polar surface area (TPSA) is 120 Å². The number of carbonyl (C=O) groups is 1. The molecule has 2 aromatic carbocycles. The van der Waals surface area contributed by atoms with Crippen molar-refractivity contribution in [3.05, 3.63) is 88.9 Å². The van der Waals surface area contributed by atoms with Crippen molar-refractivity contribution in [3.8, 4) is 0 Å². The molecule has 0 atom stereocenters. The fraction of sp³-hybridized carbons (Fsp3) is 0. The van der Waals surface area contributed by atoms with Gasteiger partial charge >= 0.3 is 0 Å². The van der Waals surface area contributed by atoms with Crippen LogP contribution in [0.2, 0.25) is 0 Å². The molecule has 0 aliphatic heterocycles. The monoisotopic (exact) mass is 398 g/mol. The molecule has 0 saturated carbocycles. The van der Waals surface area contributed by atoms with E-state index in [-0.39, 0.29) is 15.5 Å². The molecule has 0 aliphatic carbocycles. The zero-order valence-corrected chi connectivity index (χ0v) is 15.1. The van der Waals surface area contributed by atoms with E-state index in [2.05, 4.69) is 5.32 Å². The Labute approximate surface area is 160 Å². The van der Waals surface area contributed by atoms with Crippen molar-refractivity contribution in [1.29, 1.82) is 0 Å². The van der Waals surface area contributed by atoms with Crippen LogP contribution in [0, 0.1) is 10.1 Å². The van der Waals surface area contributed by atoms with Crippen LogP contribution in [0.1, 0.15) is 5.76 Å². The number of nitrogens with one attached hydrogen (secondary N) is 1. The lowest BCUT2D eigenvalue weighted by Gasteiger charge is -2.06. The quantitative estimate of drug-likeness (QED) is 0.384. The Bertz CT molecular complexity index is 1120. The maximum absolute atomic E-state index is 12.6. The van der Waals surface area contributed by atoms with E-state index < -0.39 is 20.7 Å². The van der Waals surface area contributed by atoms with Crippen LogP contribution >= 0.6 is 0 Å². The third kappa shape index (κ3) is 4.33. The normalized spacial score (nSPS) is 11.4. The molecule has 0 radical (unpaired) electrons. The molecule has 142 valence electrons. The van der Waals surface area contributed by atoms with Gasteiger partial charge in [-0.15, -0.1) is 0 Å². The highest BCUT2D eigenvalue weighted by Gasteiger charge is 2.18. The second kappa shape index (κ2) is 7.89. The summed E-state index contributed by atoms with van der Waals surface area (Å²) in [5, 5.41) is 13.3. The molecule has 8 nitrogen and oxygen atoms in total. The summed E-state index contributed by atoms with van der Waals surface area (Å²) in [6, 6.07) is 13.6. The summed E-state index contributed by atoms with van der Waals surface area (Å²) in [7, 11) is -3.83. The molecule has 0 unspecified atom stereocenters. The molecule has 1 aromatic heterocycles. The zero-order valence-electron chi connectivity index (χ0n) is 14.3. The number of non-ortho nitro benzene ring substituents is 1. The summed E-state index contributed by atoms with van der Waals surface area (Å²) in [4.78, 5) is 21.9. The minimum Gasteiger partial charge on any atom is -0.465 e. The number of nitrogens with zero attached hydrogens (tertiary/aromatic N) is 1. The highest BCUT2D eigenvalue weighted by Crippen LogP contribution is 2.24. The third-order valence-electron chi connectivity index (χ3n) is 3.73. The minimum atomic E-state index is -3.83. The number of nitro benzene ring substituents is 1. The van der Waals surface area contributed by atoms with Crippen LogP contribution in [0.3, 0.4) is 0 Å². The fourth-order valence-electron chi connectivity index (χ4n) is 2.33. The first kappa shape index (κ1) is 19.1. The average molecular weight is 398 g/mol. The summed E-state index contributed by atoms with van der Waals surface area (Å²) < 4.78 is 30.3. The second-order valence-corrected chi connectivity index (χ2v) is 7.57. The standard InChI is InChI=1S/C19H14N2O6S/c22-19(12-7-16-2-1-13-27-16)20-14-3-8-17(9-4-14)28(25,26)18-10-5-15(6-11-18)21(23)24/h1-13H,(H,20,22)/b12-7+. The van der Waals surface area contributed by atoms with Gasteiger partial charge in [-0.2, -0.15) is 0 Å².